The lowest BCUT2D eigenvalue weighted by atomic mass is 10.2. The van der Waals surface area contributed by atoms with E-state index in [0.717, 1.165) is 5.56 Å². The first kappa shape index (κ1) is 22.1. The molecule has 1 unspecified atom stereocenters. The Balaban J connectivity index is 1.82. The molecule has 0 aliphatic carbocycles. The number of rotatable bonds is 7. The van der Waals surface area contributed by atoms with Gasteiger partial charge in [0.1, 0.15) is 5.75 Å². The van der Waals surface area contributed by atoms with Crippen LogP contribution in [0.5, 0.6) is 5.75 Å². The number of aliphatic carboxylic acids is 1. The fraction of sp³-hybridized carbons (Fsp3) is 0.182. The van der Waals surface area contributed by atoms with Gasteiger partial charge in [-0.3, -0.25) is 9.69 Å². The number of thioether (sulfide) groups is 1. The first-order valence-electron chi connectivity index (χ1n) is 9.41. The smallest absolute Gasteiger partial charge is 0.344 e. The van der Waals surface area contributed by atoms with Gasteiger partial charge in [0.05, 0.1) is 16.2 Å². The van der Waals surface area contributed by atoms with Crippen molar-refractivity contribution in [1.29, 1.82) is 0 Å². The maximum absolute atomic E-state index is 12.8. The molecule has 1 amide bonds. The van der Waals surface area contributed by atoms with Gasteiger partial charge in [-0.15, -0.1) is 0 Å². The van der Waals surface area contributed by atoms with E-state index < -0.39 is 18.0 Å². The molecule has 9 heteroatoms. The Bertz CT molecular complexity index is 1080. The zero-order chi connectivity index (χ0) is 22.5. The van der Waals surface area contributed by atoms with Crippen molar-refractivity contribution in [2.24, 2.45) is 4.99 Å². The Morgan fingerprint density at radius 3 is 2.52 bits per heavy atom. The largest absolute Gasteiger partial charge is 0.479 e. The molecule has 2 N–H and O–H groups in total. The highest BCUT2D eigenvalue weighted by molar-refractivity contribution is 8.18. The van der Waals surface area contributed by atoms with Gasteiger partial charge >= 0.3 is 11.9 Å². The number of ether oxygens (including phenoxy) is 1. The molecular formula is C22H20N2O6S. The molecule has 1 aliphatic rings. The van der Waals surface area contributed by atoms with Gasteiger partial charge in [-0.1, -0.05) is 18.2 Å². The summed E-state index contributed by atoms with van der Waals surface area (Å²) in [5, 5.41) is 18.5. The maximum atomic E-state index is 12.8. The summed E-state index contributed by atoms with van der Waals surface area (Å²) in [6, 6.07) is 12.9. The molecule has 1 atom stereocenters. The highest BCUT2D eigenvalue weighted by atomic mass is 32.2. The Hall–Kier alpha value is -3.59. The summed E-state index contributed by atoms with van der Waals surface area (Å²) in [5.41, 5.74) is 1.31. The number of hydrogen-bond donors (Lipinski definition) is 2. The number of nitrogens with zero attached hydrogens (tertiary/aromatic N) is 2. The van der Waals surface area contributed by atoms with Crippen LogP contribution in [0.25, 0.3) is 6.08 Å². The Morgan fingerprint density at radius 2 is 1.90 bits per heavy atom. The van der Waals surface area contributed by atoms with Crippen molar-refractivity contribution in [3.63, 3.8) is 0 Å². The van der Waals surface area contributed by atoms with Crippen LogP contribution in [0.1, 0.15) is 29.8 Å². The third-order valence-electron chi connectivity index (χ3n) is 4.36. The predicted molar refractivity (Wildman–Crippen MR) is 118 cm³/mol. The number of hydrogen-bond acceptors (Lipinski definition) is 6. The van der Waals surface area contributed by atoms with E-state index in [1.165, 1.54) is 35.7 Å². The molecule has 0 radical (unpaired) electrons. The minimum absolute atomic E-state index is 0.120. The van der Waals surface area contributed by atoms with Gasteiger partial charge < -0.3 is 14.9 Å². The minimum Gasteiger partial charge on any atom is -0.479 e. The molecule has 1 saturated heterocycles. The second-order valence-corrected chi connectivity index (χ2v) is 7.59. The van der Waals surface area contributed by atoms with Gasteiger partial charge in [-0.05, 0) is 67.6 Å². The number of amides is 1. The van der Waals surface area contributed by atoms with Crippen molar-refractivity contribution in [1.82, 2.24) is 4.90 Å². The minimum atomic E-state index is -1.06. The number of carboxylic acids is 2. The van der Waals surface area contributed by atoms with Gasteiger partial charge in [0.2, 0.25) is 0 Å². The van der Waals surface area contributed by atoms with Crippen molar-refractivity contribution in [2.45, 2.75) is 20.0 Å². The SMILES string of the molecule is CCN1C(=O)/C(=C/c2ccc(OC(C)C(=O)O)cc2)SC1=Nc1cccc(C(=O)O)c1. The van der Waals surface area contributed by atoms with Gasteiger partial charge in [-0.2, -0.15) is 0 Å². The van der Waals surface area contributed by atoms with Crippen LogP contribution in [0.15, 0.2) is 58.4 Å². The first-order chi connectivity index (χ1) is 14.8. The van der Waals surface area contributed by atoms with E-state index in [4.69, 9.17) is 14.9 Å². The van der Waals surface area contributed by atoms with Crippen molar-refractivity contribution in [2.75, 3.05) is 6.54 Å². The van der Waals surface area contributed by atoms with Crippen LogP contribution in [0.4, 0.5) is 5.69 Å². The van der Waals surface area contributed by atoms with Gasteiger partial charge in [0.15, 0.2) is 11.3 Å². The maximum Gasteiger partial charge on any atom is 0.344 e. The van der Waals surface area contributed by atoms with Crippen LogP contribution in [0.2, 0.25) is 0 Å². The Labute approximate surface area is 182 Å². The molecule has 0 aromatic heterocycles. The van der Waals surface area contributed by atoms with E-state index in [-0.39, 0.29) is 11.5 Å². The summed E-state index contributed by atoms with van der Waals surface area (Å²) in [4.78, 5) is 41.3. The Kier molecular flexibility index (Phi) is 6.76. The fourth-order valence-corrected chi connectivity index (χ4v) is 3.80. The van der Waals surface area contributed by atoms with E-state index in [1.807, 2.05) is 6.92 Å². The molecule has 0 saturated carbocycles. The Morgan fingerprint density at radius 1 is 1.19 bits per heavy atom. The van der Waals surface area contributed by atoms with Crippen LogP contribution in [0, 0.1) is 0 Å². The van der Waals surface area contributed by atoms with E-state index in [2.05, 4.69) is 4.99 Å². The predicted octanol–water partition coefficient (Wildman–Crippen LogP) is 3.86. The molecule has 3 rings (SSSR count). The van der Waals surface area contributed by atoms with Crippen molar-refractivity contribution < 1.29 is 29.3 Å². The normalized spacial score (nSPS) is 17.2. The number of aliphatic imine (C=N–C) groups is 1. The van der Waals surface area contributed by atoms with Gasteiger partial charge in [0.25, 0.3) is 5.91 Å². The first-order valence-corrected chi connectivity index (χ1v) is 10.2. The average molecular weight is 440 g/mol. The number of amidine groups is 1. The number of carbonyl (C=O) groups excluding carboxylic acids is 1. The highest BCUT2D eigenvalue weighted by Crippen LogP contribution is 2.34. The van der Waals surface area contributed by atoms with Gasteiger partial charge in [0, 0.05) is 6.54 Å². The molecular weight excluding hydrogens is 420 g/mol. The van der Waals surface area contributed by atoms with Crippen LogP contribution >= 0.6 is 11.8 Å². The number of likely N-dealkylation sites (N-methyl/N-ethyl adjacent to an activating group) is 1. The van der Waals surface area contributed by atoms with E-state index in [1.54, 1.807) is 42.5 Å². The molecule has 1 fully saturated rings. The molecule has 2 aromatic rings. The molecule has 160 valence electrons. The molecule has 2 aromatic carbocycles. The van der Waals surface area contributed by atoms with Crippen molar-refractivity contribution in [3.05, 3.63) is 64.6 Å². The van der Waals surface area contributed by atoms with Crippen LogP contribution in [-0.2, 0) is 9.59 Å². The zero-order valence-electron chi connectivity index (χ0n) is 16.8. The third kappa shape index (κ3) is 5.32. The lowest BCUT2D eigenvalue weighted by molar-refractivity contribution is -0.144. The van der Waals surface area contributed by atoms with Crippen molar-refractivity contribution in [3.8, 4) is 5.75 Å². The topological polar surface area (TPSA) is 117 Å². The van der Waals surface area contributed by atoms with E-state index in [9.17, 15) is 14.4 Å². The monoisotopic (exact) mass is 440 g/mol. The number of benzene rings is 2. The molecule has 31 heavy (non-hydrogen) atoms. The standard InChI is InChI=1S/C22H20N2O6S/c1-3-24-19(25)18(11-14-7-9-17(10-8-14)30-13(2)20(26)27)31-22(24)23-16-6-4-5-15(12-16)21(28)29/h4-13H,3H2,1-2H3,(H,26,27)(H,28,29)/b18-11-,23-22?. The third-order valence-corrected chi connectivity index (χ3v) is 5.37. The summed E-state index contributed by atoms with van der Waals surface area (Å²) in [5.74, 6) is -1.88. The molecule has 1 heterocycles. The van der Waals surface area contributed by atoms with E-state index in [0.29, 0.717) is 28.1 Å². The molecule has 8 nitrogen and oxygen atoms in total. The molecule has 0 spiro atoms. The van der Waals surface area contributed by atoms with Crippen molar-refractivity contribution >= 4 is 46.5 Å². The zero-order valence-corrected chi connectivity index (χ0v) is 17.6. The van der Waals surface area contributed by atoms with Crippen LogP contribution < -0.4 is 4.74 Å². The average Bonchev–Trinajstić information content (AvgIpc) is 3.03. The van der Waals surface area contributed by atoms with Crippen LogP contribution in [0.3, 0.4) is 0 Å². The summed E-state index contributed by atoms with van der Waals surface area (Å²) in [7, 11) is 0. The second kappa shape index (κ2) is 9.48. The quantitative estimate of drug-likeness (QED) is 0.628. The lowest BCUT2D eigenvalue weighted by Gasteiger charge is -2.12. The number of carboxylic acid groups (broad SMARTS) is 2. The highest BCUT2D eigenvalue weighted by Gasteiger charge is 2.32. The summed E-state index contributed by atoms with van der Waals surface area (Å²) < 4.78 is 5.30. The second-order valence-electron chi connectivity index (χ2n) is 6.58. The number of carbonyl (C=O) groups is 3. The van der Waals surface area contributed by atoms with Crippen LogP contribution in [-0.4, -0.2) is 50.8 Å². The fourth-order valence-electron chi connectivity index (χ4n) is 2.74. The molecule has 0 bridgehead atoms. The molecule has 1 aliphatic heterocycles. The van der Waals surface area contributed by atoms with E-state index >= 15 is 0 Å². The van der Waals surface area contributed by atoms with Gasteiger partial charge in [-0.25, -0.2) is 14.6 Å². The number of aromatic carboxylic acids is 1. The lowest BCUT2D eigenvalue weighted by Crippen LogP contribution is -2.28. The summed E-state index contributed by atoms with van der Waals surface area (Å²) in [6.07, 6.45) is 0.753. The summed E-state index contributed by atoms with van der Waals surface area (Å²) in [6.45, 7) is 3.69. The summed E-state index contributed by atoms with van der Waals surface area (Å²) >= 11 is 1.21.